The molecule has 1 aromatic heterocycles. The number of rotatable bonds is 2. The van der Waals surface area contributed by atoms with Crippen LogP contribution in [0.5, 0.6) is 0 Å². The quantitative estimate of drug-likeness (QED) is 0.885. The van der Waals surface area contributed by atoms with Gasteiger partial charge in [-0.1, -0.05) is 18.2 Å². The van der Waals surface area contributed by atoms with Crippen LogP contribution >= 0.6 is 0 Å². The summed E-state index contributed by atoms with van der Waals surface area (Å²) < 4.78 is 14.2. The summed E-state index contributed by atoms with van der Waals surface area (Å²) in [4.78, 5) is 0. The number of fused-ring (bicyclic) bond motifs is 5. The number of aromatic nitrogens is 2. The first kappa shape index (κ1) is 11.8. The van der Waals surface area contributed by atoms with Crippen LogP contribution in [0.2, 0.25) is 0 Å². The van der Waals surface area contributed by atoms with Gasteiger partial charge in [0.1, 0.15) is 5.82 Å². The summed E-state index contributed by atoms with van der Waals surface area (Å²) in [5, 5.41) is 7.30. The smallest absolute Gasteiger partial charge is 0.153 e. The molecule has 0 amide bonds. The number of nitrogens with one attached hydrogen (secondary N) is 1. The first-order chi connectivity index (χ1) is 10.3. The molecule has 4 atom stereocenters. The van der Waals surface area contributed by atoms with Crippen molar-refractivity contribution in [2.45, 2.75) is 25.2 Å². The van der Waals surface area contributed by atoms with Gasteiger partial charge in [0.2, 0.25) is 0 Å². The van der Waals surface area contributed by atoms with Gasteiger partial charge in [0.05, 0.1) is 0 Å². The van der Waals surface area contributed by atoms with E-state index in [1.54, 1.807) is 12.1 Å². The first-order valence-electron chi connectivity index (χ1n) is 7.84. The van der Waals surface area contributed by atoms with Crippen molar-refractivity contribution in [3.63, 3.8) is 0 Å². The zero-order chi connectivity index (χ0) is 14.1. The van der Waals surface area contributed by atoms with E-state index in [0.29, 0.717) is 17.3 Å². The highest BCUT2D eigenvalue weighted by Crippen LogP contribution is 2.73. The minimum absolute atomic E-state index is 0.222. The molecule has 0 saturated heterocycles. The third-order valence-electron chi connectivity index (χ3n) is 6.03. The monoisotopic (exact) mass is 283 g/mol. The van der Waals surface area contributed by atoms with Crippen molar-refractivity contribution in [1.29, 1.82) is 0 Å². The molecule has 2 aromatic rings. The Labute approximate surface area is 122 Å². The fraction of sp³-hybridized carbons (Fsp3) is 0.471. The van der Waals surface area contributed by atoms with Gasteiger partial charge in [-0.3, -0.25) is 5.10 Å². The van der Waals surface area contributed by atoms with Crippen molar-refractivity contribution >= 4 is 5.82 Å². The molecule has 21 heavy (non-hydrogen) atoms. The molecule has 4 heteroatoms. The van der Waals surface area contributed by atoms with Crippen LogP contribution in [0.4, 0.5) is 10.2 Å². The van der Waals surface area contributed by atoms with Gasteiger partial charge in [-0.2, -0.15) is 5.10 Å². The predicted molar refractivity (Wildman–Crippen MR) is 78.9 cm³/mol. The van der Waals surface area contributed by atoms with Crippen LogP contribution in [-0.4, -0.2) is 10.2 Å². The second-order valence-electron chi connectivity index (χ2n) is 6.89. The Bertz CT molecular complexity index is 707. The normalized spacial score (nSPS) is 36.0. The number of H-pyrrole nitrogens is 1. The minimum Gasteiger partial charge on any atom is -0.382 e. The maximum Gasteiger partial charge on any atom is 0.153 e. The number of halogens is 1. The molecule has 5 rings (SSSR count). The fourth-order valence-electron chi connectivity index (χ4n) is 5.27. The van der Waals surface area contributed by atoms with E-state index in [0.717, 1.165) is 34.9 Å². The number of hydrogen-bond donors (Lipinski definition) is 2. The highest BCUT2D eigenvalue weighted by molar-refractivity contribution is 5.77. The van der Waals surface area contributed by atoms with Gasteiger partial charge < -0.3 is 5.73 Å². The Morgan fingerprint density at radius 1 is 1.14 bits per heavy atom. The molecule has 1 heterocycles. The topological polar surface area (TPSA) is 54.7 Å². The molecule has 0 aliphatic heterocycles. The Kier molecular flexibility index (Phi) is 2.17. The number of nitrogen functional groups attached to an aromatic ring is 1. The molecule has 3 N–H and O–H groups in total. The minimum atomic E-state index is -0.222. The van der Waals surface area contributed by atoms with Crippen LogP contribution in [-0.2, 0) is 0 Å². The molecule has 3 aliphatic rings. The lowest BCUT2D eigenvalue weighted by atomic mass is 9.95. The van der Waals surface area contributed by atoms with Gasteiger partial charge in [0.25, 0.3) is 0 Å². The van der Waals surface area contributed by atoms with Gasteiger partial charge >= 0.3 is 0 Å². The Hall–Kier alpha value is -1.84. The molecule has 108 valence electrons. The van der Waals surface area contributed by atoms with Crippen molar-refractivity contribution in [2.75, 3.05) is 5.73 Å². The largest absolute Gasteiger partial charge is 0.382 e. The summed E-state index contributed by atoms with van der Waals surface area (Å²) >= 11 is 0. The van der Waals surface area contributed by atoms with Crippen LogP contribution in [0.1, 0.15) is 30.9 Å². The van der Waals surface area contributed by atoms with E-state index < -0.39 is 0 Å². The van der Waals surface area contributed by atoms with E-state index in [2.05, 4.69) is 10.2 Å². The Morgan fingerprint density at radius 3 is 2.57 bits per heavy atom. The average molecular weight is 283 g/mol. The maximum absolute atomic E-state index is 14.2. The molecular weight excluding hydrogens is 265 g/mol. The van der Waals surface area contributed by atoms with E-state index in [1.807, 2.05) is 6.07 Å². The highest BCUT2D eigenvalue weighted by Gasteiger charge is 2.66. The van der Waals surface area contributed by atoms with Gasteiger partial charge in [-0.15, -0.1) is 0 Å². The standard InChI is InChI=1S/C17H18FN3/c18-11-4-2-1-3-10(11)14-16(20-21-17(14)19)15-12-8-5-6-9(7-8)13(12)15/h1-4,8-9,12-13,15H,5-7H2,(H3,19,20,21). The van der Waals surface area contributed by atoms with Crippen molar-refractivity contribution < 1.29 is 4.39 Å². The van der Waals surface area contributed by atoms with E-state index >= 15 is 0 Å². The zero-order valence-corrected chi connectivity index (χ0v) is 11.7. The molecule has 4 unspecified atom stereocenters. The molecule has 3 aliphatic carbocycles. The van der Waals surface area contributed by atoms with Gasteiger partial charge in [0.15, 0.2) is 5.82 Å². The van der Waals surface area contributed by atoms with Crippen molar-refractivity contribution in [1.82, 2.24) is 10.2 Å². The van der Waals surface area contributed by atoms with Crippen molar-refractivity contribution in [2.24, 2.45) is 23.7 Å². The second-order valence-corrected chi connectivity index (χ2v) is 6.89. The SMILES string of the molecule is Nc1n[nH]c(C2C3C4CCC(C4)C23)c1-c1ccccc1F. The summed E-state index contributed by atoms with van der Waals surface area (Å²) in [6.45, 7) is 0. The lowest BCUT2D eigenvalue weighted by molar-refractivity contribution is 0.456. The molecule has 3 saturated carbocycles. The van der Waals surface area contributed by atoms with Crippen LogP contribution in [0.25, 0.3) is 11.1 Å². The van der Waals surface area contributed by atoms with E-state index in [4.69, 9.17) is 5.73 Å². The van der Waals surface area contributed by atoms with E-state index in [1.165, 1.54) is 25.3 Å². The number of benzene rings is 1. The van der Waals surface area contributed by atoms with Crippen LogP contribution in [0.15, 0.2) is 24.3 Å². The number of nitrogens with zero attached hydrogens (tertiary/aromatic N) is 1. The second kappa shape index (κ2) is 3.87. The molecule has 0 radical (unpaired) electrons. The third kappa shape index (κ3) is 1.45. The highest BCUT2D eigenvalue weighted by atomic mass is 19.1. The summed E-state index contributed by atoms with van der Waals surface area (Å²) in [5.74, 6) is 4.05. The first-order valence-corrected chi connectivity index (χ1v) is 7.84. The number of aromatic amines is 1. The Balaban J connectivity index is 1.60. The van der Waals surface area contributed by atoms with E-state index in [9.17, 15) is 4.39 Å². The molecule has 2 bridgehead atoms. The van der Waals surface area contributed by atoms with Crippen LogP contribution < -0.4 is 5.73 Å². The lowest BCUT2D eigenvalue weighted by Crippen LogP contribution is -2.00. The van der Waals surface area contributed by atoms with Gasteiger partial charge in [-0.05, 0) is 49.0 Å². The van der Waals surface area contributed by atoms with Gasteiger partial charge in [0, 0.05) is 22.7 Å². The number of hydrogen-bond acceptors (Lipinski definition) is 2. The molecular formula is C17H18FN3. The number of anilines is 1. The van der Waals surface area contributed by atoms with Crippen molar-refractivity contribution in [3.8, 4) is 11.1 Å². The molecule has 1 aromatic carbocycles. The Morgan fingerprint density at radius 2 is 1.86 bits per heavy atom. The van der Waals surface area contributed by atoms with Crippen molar-refractivity contribution in [3.05, 3.63) is 35.8 Å². The summed E-state index contributed by atoms with van der Waals surface area (Å²) in [7, 11) is 0. The lowest BCUT2D eigenvalue weighted by Gasteiger charge is -2.10. The third-order valence-corrected chi connectivity index (χ3v) is 6.03. The predicted octanol–water partition coefficient (Wildman–Crippen LogP) is 3.56. The molecule has 3 fully saturated rings. The maximum atomic E-state index is 14.2. The van der Waals surface area contributed by atoms with Gasteiger partial charge in [-0.25, -0.2) is 4.39 Å². The average Bonchev–Trinajstić information content (AvgIpc) is 2.81. The molecule has 3 nitrogen and oxygen atoms in total. The van der Waals surface area contributed by atoms with Crippen LogP contribution in [0.3, 0.4) is 0 Å². The zero-order valence-electron chi connectivity index (χ0n) is 11.7. The summed E-state index contributed by atoms with van der Waals surface area (Å²) in [6.07, 6.45) is 4.16. The fourth-order valence-corrected chi connectivity index (χ4v) is 5.27. The molecule has 0 spiro atoms. The van der Waals surface area contributed by atoms with E-state index in [-0.39, 0.29) is 5.82 Å². The number of nitrogens with two attached hydrogens (primary N) is 1. The summed E-state index contributed by atoms with van der Waals surface area (Å²) in [6, 6.07) is 6.85. The summed E-state index contributed by atoms with van der Waals surface area (Å²) in [5.41, 5.74) is 8.49. The van der Waals surface area contributed by atoms with Crippen LogP contribution in [0, 0.1) is 29.5 Å².